The van der Waals surface area contributed by atoms with E-state index >= 15 is 0 Å². The predicted molar refractivity (Wildman–Crippen MR) is 348 cm³/mol. The summed E-state index contributed by atoms with van der Waals surface area (Å²) in [7, 11) is 1.27. The van der Waals surface area contributed by atoms with E-state index in [1.54, 1.807) is 6.08 Å². The van der Waals surface area contributed by atoms with Gasteiger partial charge in [-0.2, -0.15) is 0 Å². The van der Waals surface area contributed by atoms with Crippen molar-refractivity contribution < 1.29 is 32.9 Å². The number of carbonyl (C=O) groups is 1. The molecule has 468 valence electrons. The van der Waals surface area contributed by atoms with Crippen LogP contribution in [-0.2, 0) is 18.4 Å². The summed E-state index contributed by atoms with van der Waals surface area (Å²) in [6.07, 6.45) is 86.0. The fraction of sp³-hybridized carbons (Fsp3) is 0.817. The van der Waals surface area contributed by atoms with Crippen LogP contribution in [0.15, 0.2) is 72.9 Å². The molecule has 0 aromatic heterocycles. The van der Waals surface area contributed by atoms with Crippen molar-refractivity contribution in [1.82, 2.24) is 5.32 Å². The molecule has 1 amide bonds. The van der Waals surface area contributed by atoms with E-state index in [0.717, 1.165) is 70.6 Å². The SMILES string of the molecule is CC/C=C\C/C=C\C/C=C\C/C=C\C/C=C\CCCCCCCCCCCCCCCCCCCCCCCCCCCC(=O)NC(COP(=O)([O-])OCC[N+](C)(C)C)C(O)/C=C/CCCCCCCCCCCCCCCCC. The minimum atomic E-state index is -4.60. The molecule has 0 aromatic carbocycles. The third-order valence-corrected chi connectivity index (χ3v) is 16.4. The maximum absolute atomic E-state index is 13.0. The summed E-state index contributed by atoms with van der Waals surface area (Å²) in [6, 6.07) is -0.886. The number of hydrogen-bond acceptors (Lipinski definition) is 6. The van der Waals surface area contributed by atoms with E-state index in [9.17, 15) is 19.4 Å². The zero-order valence-electron chi connectivity index (χ0n) is 53.5. The highest BCUT2D eigenvalue weighted by Gasteiger charge is 2.23. The Balaban J connectivity index is 3.91. The number of amides is 1. The highest BCUT2D eigenvalue weighted by molar-refractivity contribution is 7.45. The highest BCUT2D eigenvalue weighted by Crippen LogP contribution is 2.38. The second-order valence-corrected chi connectivity index (χ2v) is 25.9. The predicted octanol–water partition coefficient (Wildman–Crippen LogP) is 21.1. The second-order valence-electron chi connectivity index (χ2n) is 24.5. The molecular formula is C71H133N2O6P. The molecule has 0 heterocycles. The molecule has 0 aliphatic carbocycles. The zero-order chi connectivity index (χ0) is 58.4. The average molecular weight is 1140 g/mol. The minimum absolute atomic E-state index is 0.0000564. The van der Waals surface area contributed by atoms with Crippen molar-refractivity contribution in [3.63, 3.8) is 0 Å². The largest absolute Gasteiger partial charge is 0.756 e. The summed E-state index contributed by atoms with van der Waals surface area (Å²) < 4.78 is 23.4. The quantitative estimate of drug-likeness (QED) is 0.0272. The Labute approximate surface area is 497 Å². The van der Waals surface area contributed by atoms with E-state index in [-0.39, 0.29) is 19.1 Å². The van der Waals surface area contributed by atoms with Crippen LogP contribution in [0.25, 0.3) is 0 Å². The van der Waals surface area contributed by atoms with Crippen molar-refractivity contribution in [2.75, 3.05) is 40.9 Å². The molecule has 80 heavy (non-hydrogen) atoms. The molecule has 3 unspecified atom stereocenters. The number of phosphoric ester groups is 1. The van der Waals surface area contributed by atoms with Gasteiger partial charge >= 0.3 is 0 Å². The third kappa shape index (κ3) is 63.5. The summed E-state index contributed by atoms with van der Waals surface area (Å²) in [5.41, 5.74) is 0. The van der Waals surface area contributed by atoms with Gasteiger partial charge in [0, 0.05) is 6.42 Å². The van der Waals surface area contributed by atoms with Crippen LogP contribution in [0.3, 0.4) is 0 Å². The molecular weight excluding hydrogens is 1010 g/mol. The van der Waals surface area contributed by atoms with Crippen LogP contribution >= 0.6 is 7.82 Å². The lowest BCUT2D eigenvalue weighted by atomic mass is 10.0. The van der Waals surface area contributed by atoms with Crippen molar-refractivity contribution >= 4 is 13.7 Å². The molecule has 0 fully saturated rings. The Morgan fingerprint density at radius 3 is 1.11 bits per heavy atom. The number of phosphoric acid groups is 1. The Morgan fingerprint density at radius 1 is 0.450 bits per heavy atom. The molecule has 9 heteroatoms. The Morgan fingerprint density at radius 2 is 0.762 bits per heavy atom. The summed E-state index contributed by atoms with van der Waals surface area (Å²) >= 11 is 0. The van der Waals surface area contributed by atoms with E-state index in [0.29, 0.717) is 17.4 Å². The van der Waals surface area contributed by atoms with Gasteiger partial charge in [0.2, 0.25) is 5.91 Å². The molecule has 0 aliphatic heterocycles. The van der Waals surface area contributed by atoms with E-state index in [2.05, 4.69) is 79.9 Å². The van der Waals surface area contributed by atoms with Crippen molar-refractivity contribution in [1.29, 1.82) is 0 Å². The molecule has 0 rings (SSSR count). The van der Waals surface area contributed by atoms with Crippen LogP contribution in [0.5, 0.6) is 0 Å². The van der Waals surface area contributed by atoms with E-state index < -0.39 is 20.0 Å². The standard InChI is InChI=1S/C71H133N2O6P/c1-6-8-10-12-14-16-18-20-22-24-25-26-27-28-29-30-31-32-33-34-35-36-37-38-39-40-41-42-43-44-45-46-47-49-51-53-55-57-59-61-63-65-71(75)72-69(68-79-80(76,77)78-67-66-73(3,4)5)70(74)64-62-60-58-56-54-52-50-48-23-21-19-17-15-13-11-9-7-2/h8,10,14,16,20,22,25-26,28-29,62,64,69-70,74H,6-7,9,11-13,15,17-19,21,23-24,27,30-61,63,65-68H2,1-5H3,(H-,72,75,76,77)/b10-8-,16-14-,22-20-,26-25-,29-28-,64-62+. The number of rotatable bonds is 63. The lowest BCUT2D eigenvalue weighted by molar-refractivity contribution is -0.870. The number of nitrogens with one attached hydrogen (secondary N) is 1. The maximum Gasteiger partial charge on any atom is 0.268 e. The first-order valence-corrected chi connectivity index (χ1v) is 35.8. The van der Waals surface area contributed by atoms with Gasteiger partial charge in [0.05, 0.1) is 39.9 Å². The number of hydrogen-bond donors (Lipinski definition) is 2. The Hall–Kier alpha value is -2.06. The normalized spacial score (nSPS) is 14.1. The topological polar surface area (TPSA) is 108 Å². The molecule has 2 N–H and O–H groups in total. The summed E-state index contributed by atoms with van der Waals surface area (Å²) in [6.45, 7) is 4.57. The summed E-state index contributed by atoms with van der Waals surface area (Å²) in [5, 5.41) is 13.9. The first kappa shape index (κ1) is 77.9. The smallest absolute Gasteiger partial charge is 0.268 e. The number of quaternary nitrogens is 1. The van der Waals surface area contributed by atoms with E-state index in [4.69, 9.17) is 9.05 Å². The number of allylic oxidation sites excluding steroid dienone is 11. The van der Waals surface area contributed by atoms with Gasteiger partial charge < -0.3 is 28.8 Å². The Bertz CT molecular complexity index is 1530. The average Bonchev–Trinajstić information content (AvgIpc) is 3.42. The number of nitrogens with zero attached hydrogens (tertiary/aromatic N) is 1. The molecule has 0 saturated heterocycles. The number of carbonyl (C=O) groups excluding carboxylic acids is 1. The van der Waals surface area contributed by atoms with Crippen LogP contribution in [-0.4, -0.2) is 68.5 Å². The fourth-order valence-corrected chi connectivity index (χ4v) is 10.8. The molecule has 0 saturated carbocycles. The minimum Gasteiger partial charge on any atom is -0.756 e. The molecule has 0 aliphatic rings. The van der Waals surface area contributed by atoms with Crippen LogP contribution in [0, 0.1) is 0 Å². The van der Waals surface area contributed by atoms with Crippen molar-refractivity contribution in [3.05, 3.63) is 72.9 Å². The molecule has 0 radical (unpaired) electrons. The first-order valence-electron chi connectivity index (χ1n) is 34.3. The number of unbranched alkanes of at least 4 members (excludes halogenated alkanes) is 40. The highest BCUT2D eigenvalue weighted by atomic mass is 31.2. The number of aliphatic hydroxyl groups is 1. The summed E-state index contributed by atoms with van der Waals surface area (Å²) in [5.74, 6) is -0.192. The Kier molecular flexibility index (Phi) is 59.9. The fourth-order valence-electron chi connectivity index (χ4n) is 10.1. The van der Waals surface area contributed by atoms with Crippen molar-refractivity contribution in [2.24, 2.45) is 0 Å². The van der Waals surface area contributed by atoms with Gasteiger partial charge in [-0.3, -0.25) is 9.36 Å². The number of likely N-dealkylation sites (N-methyl/N-ethyl adjacent to an activating group) is 1. The lowest BCUT2D eigenvalue weighted by Crippen LogP contribution is -2.45. The molecule has 8 nitrogen and oxygen atoms in total. The molecule has 0 aromatic rings. The molecule has 0 spiro atoms. The van der Waals surface area contributed by atoms with Gasteiger partial charge in [-0.15, -0.1) is 0 Å². The maximum atomic E-state index is 13.0. The van der Waals surface area contributed by atoms with Crippen molar-refractivity contribution in [3.8, 4) is 0 Å². The van der Waals surface area contributed by atoms with Gasteiger partial charge in [0.1, 0.15) is 13.2 Å². The summed E-state index contributed by atoms with van der Waals surface area (Å²) in [4.78, 5) is 25.6. The van der Waals surface area contributed by atoms with E-state index in [1.807, 2.05) is 27.2 Å². The van der Waals surface area contributed by atoms with Gasteiger partial charge in [0.25, 0.3) is 7.82 Å². The van der Waals surface area contributed by atoms with Gasteiger partial charge in [-0.1, -0.05) is 324 Å². The molecule has 0 bridgehead atoms. The van der Waals surface area contributed by atoms with Crippen LogP contribution in [0.2, 0.25) is 0 Å². The van der Waals surface area contributed by atoms with Gasteiger partial charge in [-0.25, -0.2) is 0 Å². The molecule has 3 atom stereocenters. The number of aliphatic hydroxyl groups excluding tert-OH is 1. The zero-order valence-corrected chi connectivity index (χ0v) is 54.4. The van der Waals surface area contributed by atoms with Crippen LogP contribution < -0.4 is 10.2 Å². The van der Waals surface area contributed by atoms with Crippen LogP contribution in [0.4, 0.5) is 0 Å². The van der Waals surface area contributed by atoms with Gasteiger partial charge in [0.15, 0.2) is 0 Å². The third-order valence-electron chi connectivity index (χ3n) is 15.4. The van der Waals surface area contributed by atoms with Gasteiger partial charge in [-0.05, 0) is 64.2 Å². The second kappa shape index (κ2) is 61.5. The monoisotopic (exact) mass is 1140 g/mol. The first-order chi connectivity index (χ1) is 39.0. The van der Waals surface area contributed by atoms with E-state index in [1.165, 1.54) is 231 Å². The van der Waals surface area contributed by atoms with Crippen molar-refractivity contribution in [2.45, 2.75) is 334 Å². The van der Waals surface area contributed by atoms with Crippen LogP contribution in [0.1, 0.15) is 322 Å². The lowest BCUT2D eigenvalue weighted by Gasteiger charge is -2.29.